The molecule has 1 aliphatic rings. The summed E-state index contributed by atoms with van der Waals surface area (Å²) >= 11 is 0. The Morgan fingerprint density at radius 3 is 2.81 bits per heavy atom. The van der Waals surface area contributed by atoms with Gasteiger partial charge < -0.3 is 15.0 Å². The minimum Gasteiger partial charge on any atom is -0.481 e. The molecule has 1 unspecified atom stereocenters. The highest BCUT2D eigenvalue weighted by Gasteiger charge is 2.51. The summed E-state index contributed by atoms with van der Waals surface area (Å²) in [5.41, 5.74) is 6.04. The van der Waals surface area contributed by atoms with E-state index >= 15 is 0 Å². The summed E-state index contributed by atoms with van der Waals surface area (Å²) < 4.78 is 20.7. The van der Waals surface area contributed by atoms with Crippen LogP contribution < -0.4 is 15.6 Å². The van der Waals surface area contributed by atoms with Gasteiger partial charge in [-0.3, -0.25) is 14.4 Å². The molecule has 1 aliphatic heterocycles. The summed E-state index contributed by atoms with van der Waals surface area (Å²) in [4.78, 5) is 46.5. The van der Waals surface area contributed by atoms with Crippen molar-refractivity contribution in [2.75, 3.05) is 12.4 Å². The standard InChI is InChI=1S/C19H15FN8O4/c1-19(18(31)25-27-21)13-15(24-17(19)30)22-14(23-16(13)29)11-7-12(32-2)28(26-11)8-9-5-3-4-6-10(9)20/h3-7H,8H2,1-2H3,(H2,22,23,24,29,30). The molecule has 1 atom stereocenters. The Balaban J connectivity index is 1.77. The van der Waals surface area contributed by atoms with Crippen molar-refractivity contribution in [3.05, 3.63) is 68.1 Å². The van der Waals surface area contributed by atoms with Crippen molar-refractivity contribution in [1.82, 2.24) is 19.7 Å². The molecule has 0 fully saturated rings. The lowest BCUT2D eigenvalue weighted by Crippen LogP contribution is -2.41. The molecule has 1 aromatic carbocycles. The van der Waals surface area contributed by atoms with Crippen LogP contribution in [0.25, 0.3) is 22.0 Å². The third-order valence-corrected chi connectivity index (χ3v) is 5.14. The number of hydrogen-bond acceptors (Lipinski definition) is 6. The normalized spacial score (nSPS) is 16.8. The van der Waals surface area contributed by atoms with Crippen LogP contribution in [0, 0.1) is 5.82 Å². The average molecular weight is 438 g/mol. The number of nitrogens with one attached hydrogen (secondary N) is 2. The number of carbonyl (C=O) groups excluding carboxylic acids is 2. The molecule has 0 saturated carbocycles. The first-order valence-corrected chi connectivity index (χ1v) is 9.21. The van der Waals surface area contributed by atoms with Crippen molar-refractivity contribution in [1.29, 1.82) is 0 Å². The number of aromatic nitrogens is 4. The Labute approximate surface area is 178 Å². The first-order chi connectivity index (χ1) is 15.3. The van der Waals surface area contributed by atoms with E-state index in [1.54, 1.807) is 18.2 Å². The van der Waals surface area contributed by atoms with Crippen LogP contribution in [-0.2, 0) is 21.5 Å². The Morgan fingerprint density at radius 2 is 2.12 bits per heavy atom. The summed E-state index contributed by atoms with van der Waals surface area (Å²) in [7, 11) is 1.41. The second kappa shape index (κ2) is 7.63. The van der Waals surface area contributed by atoms with Crippen LogP contribution in [0.2, 0.25) is 0 Å². The number of H-pyrrole nitrogens is 1. The van der Waals surface area contributed by atoms with Gasteiger partial charge in [0.25, 0.3) is 5.56 Å². The monoisotopic (exact) mass is 438 g/mol. The number of methoxy groups -OCH3 is 1. The molecule has 0 radical (unpaired) electrons. The number of hydrogen-bond donors (Lipinski definition) is 2. The maximum Gasteiger partial charge on any atom is 0.258 e. The minimum atomic E-state index is -2.01. The van der Waals surface area contributed by atoms with Gasteiger partial charge >= 0.3 is 0 Å². The van der Waals surface area contributed by atoms with E-state index in [1.807, 2.05) is 0 Å². The predicted molar refractivity (Wildman–Crippen MR) is 108 cm³/mol. The van der Waals surface area contributed by atoms with Crippen LogP contribution in [0.5, 0.6) is 5.88 Å². The van der Waals surface area contributed by atoms with Crippen LogP contribution in [0.3, 0.4) is 0 Å². The zero-order valence-electron chi connectivity index (χ0n) is 16.8. The number of amides is 2. The van der Waals surface area contributed by atoms with Crippen molar-refractivity contribution in [3.63, 3.8) is 0 Å². The van der Waals surface area contributed by atoms with E-state index in [4.69, 9.17) is 10.3 Å². The number of anilines is 1. The van der Waals surface area contributed by atoms with Crippen molar-refractivity contribution < 1.29 is 18.7 Å². The molecule has 2 N–H and O–H groups in total. The number of rotatable bonds is 5. The van der Waals surface area contributed by atoms with Crippen LogP contribution in [0.1, 0.15) is 18.1 Å². The minimum absolute atomic E-state index is 0.0138. The van der Waals surface area contributed by atoms with Gasteiger partial charge in [-0.2, -0.15) is 5.10 Å². The molecule has 2 amide bonds. The highest BCUT2D eigenvalue weighted by atomic mass is 19.1. The quantitative estimate of drug-likeness (QED) is 0.267. The molecular formula is C19H15FN8O4. The van der Waals surface area contributed by atoms with Gasteiger partial charge in [0.2, 0.25) is 17.7 Å². The maximum atomic E-state index is 14.0. The average Bonchev–Trinajstić information content (AvgIpc) is 3.29. The molecule has 162 valence electrons. The molecule has 13 heteroatoms. The van der Waals surface area contributed by atoms with E-state index in [-0.39, 0.29) is 35.3 Å². The van der Waals surface area contributed by atoms with E-state index in [1.165, 1.54) is 30.8 Å². The van der Waals surface area contributed by atoms with Crippen molar-refractivity contribution >= 4 is 17.6 Å². The van der Waals surface area contributed by atoms with Gasteiger partial charge in [0.05, 0.1) is 19.2 Å². The molecule has 2 aromatic heterocycles. The molecule has 4 rings (SSSR count). The highest BCUT2D eigenvalue weighted by molar-refractivity contribution is 6.19. The second-order valence-electron chi connectivity index (χ2n) is 7.03. The van der Waals surface area contributed by atoms with E-state index < -0.39 is 28.6 Å². The second-order valence-corrected chi connectivity index (χ2v) is 7.03. The summed E-state index contributed by atoms with van der Waals surface area (Å²) in [5, 5.41) is 9.65. The SMILES string of the molecule is COc1cc(-c2nc3c(c(=O)[nH]2)C(C)(C(=O)N=[N+]=[N-])C(=O)N3)nn1Cc1ccccc1F. The fraction of sp³-hybridized carbons (Fsp3) is 0.211. The molecule has 0 bridgehead atoms. The Morgan fingerprint density at radius 1 is 1.38 bits per heavy atom. The van der Waals surface area contributed by atoms with Gasteiger partial charge in [0, 0.05) is 16.5 Å². The number of nitrogens with zero attached hydrogens (tertiary/aromatic N) is 6. The van der Waals surface area contributed by atoms with E-state index in [0.29, 0.717) is 5.56 Å². The zero-order chi connectivity index (χ0) is 23.0. The fourth-order valence-corrected chi connectivity index (χ4v) is 3.42. The summed E-state index contributed by atoms with van der Waals surface area (Å²) in [5.74, 6) is -2.28. The molecule has 3 heterocycles. The van der Waals surface area contributed by atoms with Crippen LogP contribution in [0.15, 0.2) is 40.2 Å². The lowest BCUT2D eigenvalue weighted by molar-refractivity contribution is -0.131. The zero-order valence-corrected chi connectivity index (χ0v) is 16.8. The summed E-state index contributed by atoms with van der Waals surface area (Å²) in [6.45, 7) is 1.23. The molecule has 0 aliphatic carbocycles. The molecular weight excluding hydrogens is 423 g/mol. The number of halogens is 1. The smallest absolute Gasteiger partial charge is 0.258 e. The van der Waals surface area contributed by atoms with Crippen molar-refractivity contribution in [3.8, 4) is 17.4 Å². The molecule has 32 heavy (non-hydrogen) atoms. The molecule has 12 nitrogen and oxygen atoms in total. The van der Waals surface area contributed by atoms with Crippen molar-refractivity contribution in [2.24, 2.45) is 5.11 Å². The molecule has 0 saturated heterocycles. The summed E-state index contributed by atoms with van der Waals surface area (Å²) in [6, 6.07) is 7.66. The molecule has 3 aromatic rings. The first kappa shape index (κ1) is 20.8. The Kier molecular flexibility index (Phi) is 4.95. The highest BCUT2D eigenvalue weighted by Crippen LogP contribution is 2.36. The number of carbonyl (C=O) groups is 2. The summed E-state index contributed by atoms with van der Waals surface area (Å²) in [6.07, 6.45) is 0. The Bertz CT molecular complexity index is 1370. The number of azide groups is 1. The topological polar surface area (TPSA) is 168 Å². The maximum absolute atomic E-state index is 14.0. The number of ether oxygens (including phenoxy) is 1. The van der Waals surface area contributed by atoms with Gasteiger partial charge in [0.1, 0.15) is 22.7 Å². The van der Waals surface area contributed by atoms with Crippen LogP contribution in [0.4, 0.5) is 10.2 Å². The number of aromatic amines is 1. The van der Waals surface area contributed by atoms with Crippen molar-refractivity contribution in [2.45, 2.75) is 18.9 Å². The largest absolute Gasteiger partial charge is 0.481 e. The number of benzene rings is 1. The fourth-order valence-electron chi connectivity index (χ4n) is 3.42. The molecule has 0 spiro atoms. The first-order valence-electron chi connectivity index (χ1n) is 9.21. The lowest BCUT2D eigenvalue weighted by Gasteiger charge is -2.15. The third kappa shape index (κ3) is 3.17. The number of fused-ring (bicyclic) bond motifs is 1. The van der Waals surface area contributed by atoms with Crippen LogP contribution in [-0.4, -0.2) is 38.7 Å². The van der Waals surface area contributed by atoms with Gasteiger partial charge in [-0.15, -0.1) is 0 Å². The van der Waals surface area contributed by atoms with Crippen LogP contribution >= 0.6 is 0 Å². The van der Waals surface area contributed by atoms with Gasteiger partial charge in [-0.05, 0) is 23.6 Å². The lowest BCUT2D eigenvalue weighted by atomic mass is 9.84. The van der Waals surface area contributed by atoms with Gasteiger partial charge in [-0.1, -0.05) is 18.2 Å². The Hall–Kier alpha value is -4.51. The third-order valence-electron chi connectivity index (χ3n) is 5.14. The van der Waals surface area contributed by atoms with E-state index in [0.717, 1.165) is 0 Å². The van der Waals surface area contributed by atoms with Gasteiger partial charge in [-0.25, -0.2) is 14.1 Å². The van der Waals surface area contributed by atoms with E-state index in [9.17, 15) is 18.8 Å². The van der Waals surface area contributed by atoms with Gasteiger partial charge in [0.15, 0.2) is 5.82 Å². The van der Waals surface area contributed by atoms with E-state index in [2.05, 4.69) is 30.4 Å². The predicted octanol–water partition coefficient (Wildman–Crippen LogP) is 1.88.